The molecule has 0 unspecified atom stereocenters. The number of nitrogens with one attached hydrogen (secondary N) is 1. The highest BCUT2D eigenvalue weighted by atomic mass is 127. The van der Waals surface area contributed by atoms with Crippen LogP contribution in [0.25, 0.3) is 0 Å². The third kappa shape index (κ3) is 3.23. The minimum Gasteiger partial charge on any atom is -0.399 e. The molecule has 2 aromatic carbocycles. The summed E-state index contributed by atoms with van der Waals surface area (Å²) in [5.41, 5.74) is 7.82. The summed E-state index contributed by atoms with van der Waals surface area (Å²) in [6.07, 6.45) is 0. The zero-order valence-corrected chi connectivity index (χ0v) is 11.6. The Morgan fingerprint density at radius 2 is 1.94 bits per heavy atom. The third-order valence-electron chi connectivity index (χ3n) is 2.13. The second kappa shape index (κ2) is 5.10. The first-order valence-corrected chi connectivity index (χ1v) is 6.28. The predicted molar refractivity (Wildman–Crippen MR) is 78.3 cm³/mol. The van der Waals surface area contributed by atoms with Crippen LogP contribution >= 0.6 is 34.2 Å². The van der Waals surface area contributed by atoms with Crippen molar-refractivity contribution in [2.75, 3.05) is 11.1 Å². The van der Waals surface area contributed by atoms with Crippen LogP contribution in [0.4, 0.5) is 21.5 Å². The number of hydrogen-bond acceptors (Lipinski definition) is 2. The summed E-state index contributed by atoms with van der Waals surface area (Å²) < 4.78 is 14.1. The average molecular weight is 363 g/mol. The highest BCUT2D eigenvalue weighted by Gasteiger charge is 2.03. The van der Waals surface area contributed by atoms with E-state index >= 15 is 0 Å². The van der Waals surface area contributed by atoms with Crippen LogP contribution in [0.3, 0.4) is 0 Å². The molecule has 2 aromatic rings. The van der Waals surface area contributed by atoms with Gasteiger partial charge in [-0.3, -0.25) is 0 Å². The molecule has 0 heterocycles. The van der Waals surface area contributed by atoms with E-state index in [9.17, 15) is 4.39 Å². The maximum Gasteiger partial charge on any atom is 0.126 e. The van der Waals surface area contributed by atoms with Crippen LogP contribution < -0.4 is 11.1 Å². The Balaban J connectivity index is 2.31. The monoisotopic (exact) mass is 362 g/mol. The van der Waals surface area contributed by atoms with Gasteiger partial charge < -0.3 is 11.1 Å². The molecule has 0 aliphatic rings. The predicted octanol–water partition coefficient (Wildman–Crippen LogP) is 4.41. The minimum absolute atomic E-state index is 0.359. The van der Waals surface area contributed by atoms with Crippen molar-refractivity contribution >= 4 is 51.3 Å². The van der Waals surface area contributed by atoms with E-state index in [0.717, 1.165) is 9.26 Å². The lowest BCUT2D eigenvalue weighted by Gasteiger charge is -2.09. The van der Waals surface area contributed by atoms with E-state index < -0.39 is 0 Å². The standard InChI is InChI=1S/C12H9ClFIN2/c13-7-3-8(14)5-10(4-7)17-12-2-1-9(16)6-11(12)15/h1-6,17H,16H2. The molecule has 0 aliphatic heterocycles. The maximum absolute atomic E-state index is 13.1. The summed E-state index contributed by atoms with van der Waals surface area (Å²) in [6.45, 7) is 0. The Kier molecular flexibility index (Phi) is 3.73. The van der Waals surface area contributed by atoms with Crippen molar-refractivity contribution in [3.8, 4) is 0 Å². The number of rotatable bonds is 2. The fourth-order valence-electron chi connectivity index (χ4n) is 1.41. The SMILES string of the molecule is Nc1ccc(Nc2cc(F)cc(Cl)c2)c(I)c1. The fraction of sp³-hybridized carbons (Fsp3) is 0. The number of anilines is 3. The zero-order valence-electron chi connectivity index (χ0n) is 8.68. The molecule has 0 spiro atoms. The van der Waals surface area contributed by atoms with E-state index in [1.807, 2.05) is 12.1 Å². The second-order valence-corrected chi connectivity index (χ2v) is 5.12. The molecule has 2 nitrogen and oxygen atoms in total. The van der Waals surface area contributed by atoms with E-state index in [-0.39, 0.29) is 5.82 Å². The Morgan fingerprint density at radius 1 is 1.18 bits per heavy atom. The van der Waals surface area contributed by atoms with Crippen molar-refractivity contribution in [3.63, 3.8) is 0 Å². The lowest BCUT2D eigenvalue weighted by atomic mass is 10.2. The smallest absolute Gasteiger partial charge is 0.126 e. The Hall–Kier alpha value is -1.01. The van der Waals surface area contributed by atoms with Gasteiger partial charge in [0.15, 0.2) is 0 Å². The van der Waals surface area contributed by atoms with Gasteiger partial charge >= 0.3 is 0 Å². The third-order valence-corrected chi connectivity index (χ3v) is 3.25. The zero-order chi connectivity index (χ0) is 12.4. The Bertz CT molecular complexity index is 540. The summed E-state index contributed by atoms with van der Waals surface area (Å²) in [7, 11) is 0. The lowest BCUT2D eigenvalue weighted by Crippen LogP contribution is -1.95. The van der Waals surface area contributed by atoms with Gasteiger partial charge in [0.05, 0.1) is 5.69 Å². The van der Waals surface area contributed by atoms with E-state index in [2.05, 4.69) is 27.9 Å². The van der Waals surface area contributed by atoms with Gasteiger partial charge in [0.25, 0.3) is 0 Å². The molecule has 0 amide bonds. The molecule has 0 saturated carbocycles. The van der Waals surface area contributed by atoms with Crippen LogP contribution in [0.5, 0.6) is 0 Å². The summed E-state index contributed by atoms with van der Waals surface area (Å²) in [5, 5.41) is 3.45. The number of hydrogen-bond donors (Lipinski definition) is 2. The second-order valence-electron chi connectivity index (χ2n) is 3.52. The van der Waals surface area contributed by atoms with Crippen molar-refractivity contribution in [2.24, 2.45) is 0 Å². The first-order valence-electron chi connectivity index (χ1n) is 4.83. The van der Waals surface area contributed by atoms with Crippen molar-refractivity contribution in [2.45, 2.75) is 0 Å². The van der Waals surface area contributed by atoms with E-state index in [1.54, 1.807) is 12.1 Å². The lowest BCUT2D eigenvalue weighted by molar-refractivity contribution is 0.628. The van der Waals surface area contributed by atoms with Gasteiger partial charge in [0.2, 0.25) is 0 Å². The van der Waals surface area contributed by atoms with Gasteiger partial charge in [-0.25, -0.2) is 4.39 Å². The number of nitrogen functional groups attached to an aromatic ring is 1. The van der Waals surface area contributed by atoms with Crippen LogP contribution in [-0.4, -0.2) is 0 Å². The van der Waals surface area contributed by atoms with Crippen LogP contribution in [-0.2, 0) is 0 Å². The van der Waals surface area contributed by atoms with Crippen LogP contribution in [0.15, 0.2) is 36.4 Å². The largest absolute Gasteiger partial charge is 0.399 e. The molecule has 17 heavy (non-hydrogen) atoms. The van der Waals surface area contributed by atoms with Gasteiger partial charge in [-0.15, -0.1) is 0 Å². The van der Waals surface area contributed by atoms with Gasteiger partial charge in [0, 0.05) is 20.0 Å². The first-order chi connectivity index (χ1) is 8.04. The molecular formula is C12H9ClFIN2. The number of nitrogens with two attached hydrogens (primary N) is 1. The summed E-state index contributed by atoms with van der Waals surface area (Å²) in [6, 6.07) is 9.78. The van der Waals surface area contributed by atoms with Crippen molar-refractivity contribution in [1.82, 2.24) is 0 Å². The normalized spacial score (nSPS) is 10.3. The topological polar surface area (TPSA) is 38.0 Å². The highest BCUT2D eigenvalue weighted by molar-refractivity contribution is 14.1. The van der Waals surface area contributed by atoms with E-state index in [0.29, 0.717) is 16.4 Å². The summed E-state index contributed by atoms with van der Waals surface area (Å²) in [4.78, 5) is 0. The van der Waals surface area contributed by atoms with E-state index in [4.69, 9.17) is 17.3 Å². The molecular weight excluding hydrogens is 354 g/mol. The molecule has 0 aromatic heterocycles. The number of benzene rings is 2. The van der Waals surface area contributed by atoms with Crippen molar-refractivity contribution < 1.29 is 4.39 Å². The Morgan fingerprint density at radius 3 is 2.59 bits per heavy atom. The van der Waals surface area contributed by atoms with Gasteiger partial charge in [-0.05, 0) is 59.0 Å². The molecule has 88 valence electrons. The molecule has 0 fully saturated rings. The quantitative estimate of drug-likeness (QED) is 0.613. The highest BCUT2D eigenvalue weighted by Crippen LogP contribution is 2.26. The van der Waals surface area contributed by atoms with Gasteiger partial charge in [0.1, 0.15) is 5.82 Å². The summed E-state index contributed by atoms with van der Waals surface area (Å²) >= 11 is 7.94. The van der Waals surface area contributed by atoms with Crippen molar-refractivity contribution in [1.29, 1.82) is 0 Å². The van der Waals surface area contributed by atoms with Crippen LogP contribution in [0.1, 0.15) is 0 Å². The maximum atomic E-state index is 13.1. The van der Waals surface area contributed by atoms with Gasteiger partial charge in [-0.2, -0.15) is 0 Å². The average Bonchev–Trinajstić information content (AvgIpc) is 2.21. The van der Waals surface area contributed by atoms with Gasteiger partial charge in [-0.1, -0.05) is 11.6 Å². The first kappa shape index (κ1) is 12.4. The molecule has 0 aliphatic carbocycles. The molecule has 0 radical (unpaired) electrons. The van der Waals surface area contributed by atoms with Crippen LogP contribution in [0.2, 0.25) is 5.02 Å². The molecule has 0 atom stereocenters. The molecule has 0 saturated heterocycles. The minimum atomic E-state index is -0.370. The number of halogens is 3. The Labute approximate surface area is 117 Å². The van der Waals surface area contributed by atoms with Crippen molar-refractivity contribution in [3.05, 3.63) is 50.8 Å². The molecule has 2 rings (SSSR count). The summed E-state index contributed by atoms with van der Waals surface area (Å²) in [5.74, 6) is -0.370. The molecule has 3 N–H and O–H groups in total. The molecule has 5 heteroatoms. The fourth-order valence-corrected chi connectivity index (χ4v) is 2.31. The van der Waals surface area contributed by atoms with Crippen LogP contribution in [0, 0.1) is 9.39 Å². The van der Waals surface area contributed by atoms with E-state index in [1.165, 1.54) is 12.1 Å². The molecule has 0 bridgehead atoms.